The van der Waals surface area contributed by atoms with Crippen molar-refractivity contribution in [1.82, 2.24) is 10.2 Å². The van der Waals surface area contributed by atoms with Gasteiger partial charge in [-0.3, -0.25) is 9.59 Å². The Kier molecular flexibility index (Phi) is 5.41. The van der Waals surface area contributed by atoms with Crippen molar-refractivity contribution in [1.29, 1.82) is 0 Å². The molecule has 1 N–H and O–H groups in total. The van der Waals surface area contributed by atoms with Crippen LogP contribution in [0.3, 0.4) is 0 Å². The number of rotatable bonds is 6. The van der Waals surface area contributed by atoms with Gasteiger partial charge in [-0.2, -0.15) is 0 Å². The van der Waals surface area contributed by atoms with Gasteiger partial charge in [-0.15, -0.1) is 0 Å². The van der Waals surface area contributed by atoms with Crippen molar-refractivity contribution >= 4 is 11.8 Å². The summed E-state index contributed by atoms with van der Waals surface area (Å²) in [5.74, 6) is 0.926. The second-order valence-electron chi connectivity index (χ2n) is 6.13. The summed E-state index contributed by atoms with van der Waals surface area (Å²) in [6, 6.07) is 7.64. The Morgan fingerprint density at radius 3 is 2.82 bits per heavy atom. The fourth-order valence-corrected chi connectivity index (χ4v) is 2.59. The number of methoxy groups -OCH3 is 1. The van der Waals surface area contributed by atoms with Crippen LogP contribution in [-0.2, 0) is 16.1 Å². The molecule has 0 spiro atoms. The van der Waals surface area contributed by atoms with Gasteiger partial charge in [0.2, 0.25) is 11.8 Å². The molecular weight excluding hydrogens is 280 g/mol. The highest BCUT2D eigenvalue weighted by Gasteiger charge is 2.34. The number of likely N-dealkylation sites (tertiary alicyclic amines) is 1. The average Bonchev–Trinajstić information content (AvgIpc) is 2.86. The SMILES string of the molecule is COc1ccccc1CN1CC(C(=O)NCC(C)C)CC1=O. The largest absolute Gasteiger partial charge is 0.496 e. The van der Waals surface area contributed by atoms with Crippen molar-refractivity contribution < 1.29 is 14.3 Å². The molecule has 1 aromatic rings. The third kappa shape index (κ3) is 4.00. The fourth-order valence-electron chi connectivity index (χ4n) is 2.59. The molecule has 0 saturated carbocycles. The zero-order valence-electron chi connectivity index (χ0n) is 13.5. The van der Waals surface area contributed by atoms with Crippen LogP contribution in [0.2, 0.25) is 0 Å². The first-order valence-electron chi connectivity index (χ1n) is 7.68. The normalized spacial score (nSPS) is 17.9. The van der Waals surface area contributed by atoms with E-state index in [1.54, 1.807) is 12.0 Å². The first-order chi connectivity index (χ1) is 10.5. The lowest BCUT2D eigenvalue weighted by Gasteiger charge is -2.18. The maximum Gasteiger partial charge on any atom is 0.225 e. The van der Waals surface area contributed by atoms with Gasteiger partial charge < -0.3 is 15.0 Å². The second-order valence-corrected chi connectivity index (χ2v) is 6.13. The molecule has 1 heterocycles. The van der Waals surface area contributed by atoms with E-state index in [9.17, 15) is 9.59 Å². The number of hydrogen-bond donors (Lipinski definition) is 1. The fraction of sp³-hybridized carbons (Fsp3) is 0.529. The molecule has 0 aromatic heterocycles. The van der Waals surface area contributed by atoms with Crippen molar-refractivity contribution in [3.05, 3.63) is 29.8 Å². The molecule has 1 atom stereocenters. The zero-order chi connectivity index (χ0) is 16.1. The Balaban J connectivity index is 1.96. The molecule has 0 aliphatic carbocycles. The van der Waals surface area contributed by atoms with E-state index in [1.165, 1.54) is 0 Å². The first-order valence-corrected chi connectivity index (χ1v) is 7.68. The van der Waals surface area contributed by atoms with E-state index in [2.05, 4.69) is 5.32 Å². The number of benzene rings is 1. The lowest BCUT2D eigenvalue weighted by atomic mass is 10.1. The molecular formula is C17H24N2O3. The number of carbonyl (C=O) groups is 2. The van der Waals surface area contributed by atoms with Crippen LogP contribution in [0.4, 0.5) is 0 Å². The van der Waals surface area contributed by atoms with E-state index in [0.29, 0.717) is 32.0 Å². The lowest BCUT2D eigenvalue weighted by Crippen LogP contribution is -2.34. The number of amides is 2. The molecule has 1 saturated heterocycles. The number of carbonyl (C=O) groups excluding carboxylic acids is 2. The number of ether oxygens (including phenoxy) is 1. The van der Waals surface area contributed by atoms with Crippen molar-refractivity contribution in [3.8, 4) is 5.75 Å². The third-order valence-electron chi connectivity index (χ3n) is 3.82. The minimum atomic E-state index is -0.249. The zero-order valence-corrected chi connectivity index (χ0v) is 13.5. The van der Waals surface area contributed by atoms with E-state index < -0.39 is 0 Å². The molecule has 5 nitrogen and oxygen atoms in total. The standard InChI is InChI=1S/C17H24N2O3/c1-12(2)9-18-17(21)14-8-16(20)19(11-14)10-13-6-4-5-7-15(13)22-3/h4-7,12,14H,8-11H2,1-3H3,(H,18,21). The smallest absolute Gasteiger partial charge is 0.225 e. The molecule has 120 valence electrons. The quantitative estimate of drug-likeness (QED) is 0.872. The average molecular weight is 304 g/mol. The van der Waals surface area contributed by atoms with Crippen molar-refractivity contribution in [2.24, 2.45) is 11.8 Å². The predicted octanol–water partition coefficient (Wildman–Crippen LogP) is 1.82. The molecule has 2 rings (SSSR count). The van der Waals surface area contributed by atoms with Gasteiger partial charge in [0, 0.05) is 31.6 Å². The molecule has 0 bridgehead atoms. The maximum atomic E-state index is 12.1. The van der Waals surface area contributed by atoms with Crippen LogP contribution in [0.15, 0.2) is 24.3 Å². The van der Waals surface area contributed by atoms with Crippen molar-refractivity contribution in [3.63, 3.8) is 0 Å². The highest BCUT2D eigenvalue weighted by molar-refractivity contribution is 5.89. The number of nitrogens with one attached hydrogen (secondary N) is 1. The molecule has 5 heteroatoms. The van der Waals surface area contributed by atoms with Gasteiger partial charge in [0.25, 0.3) is 0 Å². The minimum Gasteiger partial charge on any atom is -0.496 e. The van der Waals surface area contributed by atoms with E-state index in [-0.39, 0.29) is 17.7 Å². The lowest BCUT2D eigenvalue weighted by molar-refractivity contribution is -0.129. The topological polar surface area (TPSA) is 58.6 Å². The summed E-state index contributed by atoms with van der Waals surface area (Å²) in [6.07, 6.45) is 0.291. The Morgan fingerprint density at radius 2 is 2.14 bits per heavy atom. The van der Waals surface area contributed by atoms with Crippen LogP contribution in [0.5, 0.6) is 5.75 Å². The van der Waals surface area contributed by atoms with Crippen LogP contribution >= 0.6 is 0 Å². The predicted molar refractivity (Wildman–Crippen MR) is 84.4 cm³/mol. The summed E-state index contributed by atoms with van der Waals surface area (Å²) in [4.78, 5) is 26.0. The van der Waals surface area contributed by atoms with Crippen LogP contribution in [0, 0.1) is 11.8 Å². The van der Waals surface area contributed by atoms with Crippen LogP contribution < -0.4 is 10.1 Å². The van der Waals surface area contributed by atoms with Gasteiger partial charge in [0.1, 0.15) is 5.75 Å². The van der Waals surface area contributed by atoms with Gasteiger partial charge in [-0.05, 0) is 12.0 Å². The molecule has 1 unspecified atom stereocenters. The van der Waals surface area contributed by atoms with E-state index >= 15 is 0 Å². The monoisotopic (exact) mass is 304 g/mol. The Bertz CT molecular complexity index is 542. The highest BCUT2D eigenvalue weighted by Crippen LogP contribution is 2.24. The number of para-hydroxylation sites is 1. The summed E-state index contributed by atoms with van der Waals surface area (Å²) >= 11 is 0. The maximum absolute atomic E-state index is 12.1. The molecule has 22 heavy (non-hydrogen) atoms. The minimum absolute atomic E-state index is 0.0235. The molecule has 1 aliphatic rings. The number of nitrogens with zero attached hydrogens (tertiary/aromatic N) is 1. The van der Waals surface area contributed by atoms with Gasteiger partial charge in [0.05, 0.1) is 13.0 Å². The van der Waals surface area contributed by atoms with Crippen LogP contribution in [0.1, 0.15) is 25.8 Å². The highest BCUT2D eigenvalue weighted by atomic mass is 16.5. The second kappa shape index (κ2) is 7.29. The van der Waals surface area contributed by atoms with Crippen molar-refractivity contribution in [2.45, 2.75) is 26.8 Å². The van der Waals surface area contributed by atoms with E-state index in [1.807, 2.05) is 38.1 Å². The van der Waals surface area contributed by atoms with Gasteiger partial charge >= 0.3 is 0 Å². The van der Waals surface area contributed by atoms with Gasteiger partial charge in [-0.1, -0.05) is 32.0 Å². The number of hydrogen-bond acceptors (Lipinski definition) is 3. The van der Waals surface area contributed by atoms with Crippen LogP contribution in [-0.4, -0.2) is 36.9 Å². The summed E-state index contributed by atoms with van der Waals surface area (Å²) < 4.78 is 5.31. The Labute approximate surface area is 131 Å². The first kappa shape index (κ1) is 16.3. The van der Waals surface area contributed by atoms with Gasteiger partial charge in [0.15, 0.2) is 0 Å². The molecule has 0 radical (unpaired) electrons. The molecule has 1 fully saturated rings. The third-order valence-corrected chi connectivity index (χ3v) is 3.82. The van der Waals surface area contributed by atoms with Crippen molar-refractivity contribution in [2.75, 3.05) is 20.2 Å². The Morgan fingerprint density at radius 1 is 1.41 bits per heavy atom. The van der Waals surface area contributed by atoms with E-state index in [0.717, 1.165) is 11.3 Å². The summed E-state index contributed by atoms with van der Waals surface area (Å²) in [5.41, 5.74) is 0.960. The Hall–Kier alpha value is -2.04. The summed E-state index contributed by atoms with van der Waals surface area (Å²) in [6.45, 7) is 5.70. The summed E-state index contributed by atoms with van der Waals surface area (Å²) in [7, 11) is 1.62. The van der Waals surface area contributed by atoms with Crippen LogP contribution in [0.25, 0.3) is 0 Å². The molecule has 1 aromatic carbocycles. The molecule has 2 amide bonds. The summed E-state index contributed by atoms with van der Waals surface area (Å²) in [5, 5.41) is 2.91. The van der Waals surface area contributed by atoms with Gasteiger partial charge in [-0.25, -0.2) is 0 Å². The van der Waals surface area contributed by atoms with E-state index in [4.69, 9.17) is 4.74 Å². The molecule has 1 aliphatic heterocycles.